The van der Waals surface area contributed by atoms with Crippen LogP contribution < -0.4 is 16.0 Å². The van der Waals surface area contributed by atoms with Crippen LogP contribution in [0, 0.1) is 0 Å². The second kappa shape index (κ2) is 8.06. The highest BCUT2D eigenvalue weighted by atomic mass is 35.5. The van der Waals surface area contributed by atoms with Crippen molar-refractivity contribution in [2.24, 2.45) is 0 Å². The number of β-amino-alcohol motifs (C(OH)–C–C–N with tert-alkyl or cyclic N) is 1. The maximum atomic E-state index is 11.8. The van der Waals surface area contributed by atoms with E-state index in [2.05, 4.69) is 16.0 Å². The van der Waals surface area contributed by atoms with Crippen molar-refractivity contribution in [2.45, 2.75) is 18.4 Å². The van der Waals surface area contributed by atoms with Gasteiger partial charge in [0.05, 0.1) is 16.3 Å². The number of amides is 2. The minimum absolute atomic E-state index is 0. The SMILES string of the molecule is Cl.O=C(NCC1(O)CCCNC1)Nc1cc(Cl)ccc1Cl. The van der Waals surface area contributed by atoms with Gasteiger partial charge in [-0.3, -0.25) is 0 Å². The molecule has 1 aliphatic rings. The monoisotopic (exact) mass is 353 g/mol. The van der Waals surface area contributed by atoms with E-state index < -0.39 is 11.6 Å². The molecule has 1 fully saturated rings. The number of hydrogen-bond donors (Lipinski definition) is 4. The fraction of sp³-hybridized carbons (Fsp3) is 0.462. The Labute approximate surface area is 139 Å². The number of piperidine rings is 1. The Morgan fingerprint density at radius 2 is 2.19 bits per heavy atom. The number of urea groups is 1. The van der Waals surface area contributed by atoms with E-state index in [1.54, 1.807) is 18.2 Å². The standard InChI is InChI=1S/C13H17Cl2N3O2.ClH/c14-9-2-3-10(15)11(6-9)18-12(19)17-8-13(20)4-1-5-16-7-13;/h2-3,6,16,20H,1,4-5,7-8H2,(H2,17,18,19);1H. The number of carbonyl (C=O) groups is 1. The molecule has 2 rings (SSSR count). The molecule has 1 unspecified atom stereocenters. The lowest BCUT2D eigenvalue weighted by Crippen LogP contribution is -2.53. The smallest absolute Gasteiger partial charge is 0.319 e. The molecule has 0 aromatic heterocycles. The van der Waals surface area contributed by atoms with Crippen LogP contribution in [0.25, 0.3) is 0 Å². The van der Waals surface area contributed by atoms with Crippen molar-refractivity contribution in [3.05, 3.63) is 28.2 Å². The summed E-state index contributed by atoms with van der Waals surface area (Å²) in [5.41, 5.74) is -0.460. The molecular weight excluding hydrogens is 337 g/mol. The lowest BCUT2D eigenvalue weighted by molar-refractivity contribution is 0.0198. The highest BCUT2D eigenvalue weighted by Crippen LogP contribution is 2.25. The topological polar surface area (TPSA) is 73.4 Å². The van der Waals surface area contributed by atoms with E-state index in [1.165, 1.54) is 0 Å². The van der Waals surface area contributed by atoms with E-state index in [0.29, 0.717) is 28.7 Å². The van der Waals surface area contributed by atoms with Gasteiger partial charge in [-0.25, -0.2) is 4.79 Å². The summed E-state index contributed by atoms with van der Waals surface area (Å²) < 4.78 is 0. The first-order valence-electron chi connectivity index (χ1n) is 6.42. The molecular formula is C13H18Cl3N3O2. The number of rotatable bonds is 3. The van der Waals surface area contributed by atoms with Gasteiger partial charge in [0.15, 0.2) is 0 Å². The molecule has 0 radical (unpaired) electrons. The molecule has 1 saturated heterocycles. The minimum atomic E-state index is -0.895. The quantitative estimate of drug-likeness (QED) is 0.674. The van der Waals surface area contributed by atoms with Crippen molar-refractivity contribution in [1.82, 2.24) is 10.6 Å². The summed E-state index contributed by atoms with van der Waals surface area (Å²) in [6, 6.07) is 4.40. The first-order valence-corrected chi connectivity index (χ1v) is 7.17. The van der Waals surface area contributed by atoms with Crippen LogP contribution in [0.3, 0.4) is 0 Å². The van der Waals surface area contributed by atoms with Gasteiger partial charge >= 0.3 is 6.03 Å². The van der Waals surface area contributed by atoms with Gasteiger partial charge < -0.3 is 21.1 Å². The Hall–Kier alpha value is -0.720. The Balaban J connectivity index is 0.00000220. The maximum Gasteiger partial charge on any atom is 0.319 e. The van der Waals surface area contributed by atoms with Crippen LogP contribution in [0.5, 0.6) is 0 Å². The van der Waals surface area contributed by atoms with E-state index in [0.717, 1.165) is 13.0 Å². The van der Waals surface area contributed by atoms with Crippen LogP contribution in [0.15, 0.2) is 18.2 Å². The lowest BCUT2D eigenvalue weighted by Gasteiger charge is -2.32. The number of halogens is 3. The molecule has 0 saturated carbocycles. The predicted molar refractivity (Wildman–Crippen MR) is 87.8 cm³/mol. The van der Waals surface area contributed by atoms with Crippen molar-refractivity contribution < 1.29 is 9.90 Å². The molecule has 0 aliphatic carbocycles. The molecule has 8 heteroatoms. The molecule has 118 valence electrons. The summed E-state index contributed by atoms with van der Waals surface area (Å²) in [5.74, 6) is 0. The van der Waals surface area contributed by atoms with Gasteiger partial charge in [0, 0.05) is 18.1 Å². The third kappa shape index (κ3) is 5.52. The zero-order chi connectivity index (χ0) is 14.6. The van der Waals surface area contributed by atoms with Gasteiger partial charge in [0.25, 0.3) is 0 Å². The molecule has 0 bridgehead atoms. The van der Waals surface area contributed by atoms with Crippen LogP contribution in [0.1, 0.15) is 12.8 Å². The number of aliphatic hydroxyl groups is 1. The molecule has 1 atom stereocenters. The highest BCUT2D eigenvalue weighted by molar-refractivity contribution is 6.35. The summed E-state index contributed by atoms with van der Waals surface area (Å²) in [7, 11) is 0. The Bertz CT molecular complexity index is 494. The Morgan fingerprint density at radius 3 is 2.86 bits per heavy atom. The Morgan fingerprint density at radius 1 is 1.43 bits per heavy atom. The highest BCUT2D eigenvalue weighted by Gasteiger charge is 2.29. The molecule has 1 aromatic rings. The van der Waals surface area contributed by atoms with Gasteiger partial charge in [-0.1, -0.05) is 23.2 Å². The fourth-order valence-electron chi connectivity index (χ4n) is 2.11. The van der Waals surface area contributed by atoms with E-state index >= 15 is 0 Å². The molecule has 2 amide bonds. The average Bonchev–Trinajstić information content (AvgIpc) is 2.42. The van der Waals surface area contributed by atoms with Gasteiger partial charge in [0.1, 0.15) is 0 Å². The number of benzene rings is 1. The van der Waals surface area contributed by atoms with Crippen LogP contribution in [-0.2, 0) is 0 Å². The number of anilines is 1. The first-order chi connectivity index (χ1) is 9.48. The average molecular weight is 355 g/mol. The van der Waals surface area contributed by atoms with Crippen molar-refractivity contribution in [3.8, 4) is 0 Å². The third-order valence-electron chi connectivity index (χ3n) is 3.20. The number of nitrogens with one attached hydrogen (secondary N) is 3. The zero-order valence-electron chi connectivity index (χ0n) is 11.3. The van der Waals surface area contributed by atoms with Crippen molar-refractivity contribution in [3.63, 3.8) is 0 Å². The fourth-order valence-corrected chi connectivity index (χ4v) is 2.44. The van der Waals surface area contributed by atoms with Crippen molar-refractivity contribution >= 4 is 47.3 Å². The molecule has 4 N–H and O–H groups in total. The third-order valence-corrected chi connectivity index (χ3v) is 3.77. The summed E-state index contributed by atoms with van der Waals surface area (Å²) in [6.45, 7) is 1.56. The van der Waals surface area contributed by atoms with Crippen LogP contribution >= 0.6 is 35.6 Å². The van der Waals surface area contributed by atoms with Gasteiger partial charge in [-0.05, 0) is 37.6 Å². The summed E-state index contributed by atoms with van der Waals surface area (Å²) in [5, 5.41) is 19.5. The van der Waals surface area contributed by atoms with Crippen molar-refractivity contribution in [2.75, 3.05) is 25.0 Å². The molecule has 1 aliphatic heterocycles. The lowest BCUT2D eigenvalue weighted by atomic mass is 9.94. The second-order valence-electron chi connectivity index (χ2n) is 4.94. The summed E-state index contributed by atoms with van der Waals surface area (Å²) in [4.78, 5) is 11.8. The van der Waals surface area contributed by atoms with E-state index in [-0.39, 0.29) is 19.0 Å². The number of hydrogen-bond acceptors (Lipinski definition) is 3. The van der Waals surface area contributed by atoms with Gasteiger partial charge in [-0.2, -0.15) is 0 Å². The van der Waals surface area contributed by atoms with E-state index in [1.807, 2.05) is 0 Å². The minimum Gasteiger partial charge on any atom is -0.387 e. The molecule has 5 nitrogen and oxygen atoms in total. The molecule has 1 aromatic carbocycles. The zero-order valence-corrected chi connectivity index (χ0v) is 13.6. The predicted octanol–water partition coefficient (Wildman–Crippen LogP) is 2.65. The molecule has 21 heavy (non-hydrogen) atoms. The van der Waals surface area contributed by atoms with Crippen LogP contribution in [0.4, 0.5) is 10.5 Å². The largest absolute Gasteiger partial charge is 0.387 e. The number of carbonyl (C=O) groups excluding carboxylic acids is 1. The van der Waals surface area contributed by atoms with Gasteiger partial charge in [-0.15, -0.1) is 12.4 Å². The second-order valence-corrected chi connectivity index (χ2v) is 5.78. The summed E-state index contributed by atoms with van der Waals surface area (Å²) in [6.07, 6.45) is 1.55. The van der Waals surface area contributed by atoms with E-state index in [4.69, 9.17) is 23.2 Å². The Kier molecular flexibility index (Phi) is 7.03. The van der Waals surface area contributed by atoms with Crippen LogP contribution in [-0.4, -0.2) is 36.4 Å². The van der Waals surface area contributed by atoms with Crippen molar-refractivity contribution in [1.29, 1.82) is 0 Å². The molecule has 1 heterocycles. The van der Waals surface area contributed by atoms with E-state index in [9.17, 15) is 9.90 Å². The maximum absolute atomic E-state index is 11.8. The first kappa shape index (κ1) is 18.3. The summed E-state index contributed by atoms with van der Waals surface area (Å²) >= 11 is 11.8. The van der Waals surface area contributed by atoms with Crippen LogP contribution in [0.2, 0.25) is 10.0 Å². The normalized spacial score (nSPS) is 21.3. The molecule has 0 spiro atoms. The van der Waals surface area contributed by atoms with Gasteiger partial charge in [0.2, 0.25) is 0 Å².